The molecule has 6 nitrogen and oxygen atoms in total. The van der Waals surface area contributed by atoms with Crippen LogP contribution in [0.3, 0.4) is 0 Å². The molecule has 3 aromatic rings. The van der Waals surface area contributed by atoms with Gasteiger partial charge in [-0.05, 0) is 30.2 Å². The van der Waals surface area contributed by atoms with Crippen molar-refractivity contribution < 1.29 is 9.18 Å². The van der Waals surface area contributed by atoms with Gasteiger partial charge in [-0.2, -0.15) is 0 Å². The van der Waals surface area contributed by atoms with Crippen LogP contribution in [0.2, 0.25) is 0 Å². The minimum absolute atomic E-state index is 0.0376. The summed E-state index contributed by atoms with van der Waals surface area (Å²) >= 11 is 1.41. The van der Waals surface area contributed by atoms with Crippen molar-refractivity contribution in [1.82, 2.24) is 19.8 Å². The van der Waals surface area contributed by atoms with Crippen LogP contribution in [0.15, 0.2) is 43.2 Å². The molecule has 3 heterocycles. The first-order chi connectivity index (χ1) is 14.6. The standard InChI is InChI=1S/C22H24FN5OS/c1-3-7-24-20-18-15(2)19(30-21(18)26-14-25-20)22(29)28-10-8-27(9-11-28)13-16-5-4-6-17(23)12-16/h3-6,12,14H,1,7-11,13H2,2H3,(H,24,25,26). The lowest BCUT2D eigenvalue weighted by atomic mass is 10.1. The van der Waals surface area contributed by atoms with Crippen LogP contribution in [0.1, 0.15) is 20.8 Å². The second-order valence-corrected chi connectivity index (χ2v) is 8.33. The summed E-state index contributed by atoms with van der Waals surface area (Å²) in [5.41, 5.74) is 1.86. The maximum atomic E-state index is 13.4. The lowest BCUT2D eigenvalue weighted by molar-refractivity contribution is 0.0632. The molecule has 2 aromatic heterocycles. The van der Waals surface area contributed by atoms with Crippen LogP contribution in [0.4, 0.5) is 10.2 Å². The van der Waals surface area contributed by atoms with Gasteiger partial charge in [0.05, 0.1) is 10.3 Å². The number of rotatable bonds is 6. The molecule has 4 rings (SSSR count). The van der Waals surface area contributed by atoms with E-state index >= 15 is 0 Å². The Morgan fingerprint density at radius 2 is 2.10 bits per heavy atom. The van der Waals surface area contributed by atoms with E-state index in [4.69, 9.17) is 0 Å². The van der Waals surface area contributed by atoms with Gasteiger partial charge in [0.15, 0.2) is 0 Å². The molecule has 8 heteroatoms. The lowest BCUT2D eigenvalue weighted by Crippen LogP contribution is -2.48. The predicted molar refractivity (Wildman–Crippen MR) is 118 cm³/mol. The zero-order valence-corrected chi connectivity index (χ0v) is 17.7. The van der Waals surface area contributed by atoms with Crippen LogP contribution < -0.4 is 5.32 Å². The van der Waals surface area contributed by atoms with Crippen molar-refractivity contribution >= 4 is 33.3 Å². The van der Waals surface area contributed by atoms with Crippen LogP contribution >= 0.6 is 11.3 Å². The molecular weight excluding hydrogens is 401 g/mol. The highest BCUT2D eigenvalue weighted by molar-refractivity contribution is 7.20. The molecule has 1 fully saturated rings. The van der Waals surface area contributed by atoms with Crippen molar-refractivity contribution in [1.29, 1.82) is 0 Å². The zero-order chi connectivity index (χ0) is 21.1. The summed E-state index contributed by atoms with van der Waals surface area (Å²) < 4.78 is 13.4. The average Bonchev–Trinajstić information content (AvgIpc) is 3.09. The van der Waals surface area contributed by atoms with Crippen LogP contribution in [-0.4, -0.2) is 58.4 Å². The smallest absolute Gasteiger partial charge is 0.264 e. The first kappa shape index (κ1) is 20.4. The number of hydrogen-bond acceptors (Lipinski definition) is 6. The van der Waals surface area contributed by atoms with Gasteiger partial charge in [-0.1, -0.05) is 18.2 Å². The Kier molecular flexibility index (Phi) is 6.06. The van der Waals surface area contributed by atoms with E-state index in [2.05, 4.69) is 26.8 Å². The van der Waals surface area contributed by atoms with Crippen LogP contribution in [0.5, 0.6) is 0 Å². The summed E-state index contributed by atoms with van der Waals surface area (Å²) in [6.07, 6.45) is 3.29. The topological polar surface area (TPSA) is 61.4 Å². The van der Waals surface area contributed by atoms with E-state index in [1.807, 2.05) is 17.9 Å². The van der Waals surface area contributed by atoms with E-state index in [1.54, 1.807) is 18.2 Å². The van der Waals surface area contributed by atoms with Crippen molar-refractivity contribution in [3.8, 4) is 0 Å². The number of nitrogens with one attached hydrogen (secondary N) is 1. The number of benzene rings is 1. The Labute approximate surface area is 179 Å². The summed E-state index contributed by atoms with van der Waals surface area (Å²) in [7, 11) is 0. The maximum absolute atomic E-state index is 13.4. The normalized spacial score (nSPS) is 14.8. The number of carbonyl (C=O) groups is 1. The van der Waals surface area contributed by atoms with Gasteiger partial charge in [-0.15, -0.1) is 17.9 Å². The quantitative estimate of drug-likeness (QED) is 0.611. The zero-order valence-electron chi connectivity index (χ0n) is 16.9. The molecule has 1 aromatic carbocycles. The number of piperazine rings is 1. The highest BCUT2D eigenvalue weighted by Crippen LogP contribution is 2.34. The first-order valence-corrected chi connectivity index (χ1v) is 10.7. The third kappa shape index (κ3) is 4.20. The van der Waals surface area contributed by atoms with Crippen LogP contribution in [0, 0.1) is 12.7 Å². The second kappa shape index (κ2) is 8.89. The van der Waals surface area contributed by atoms with Gasteiger partial charge in [-0.3, -0.25) is 9.69 Å². The monoisotopic (exact) mass is 425 g/mol. The number of fused-ring (bicyclic) bond motifs is 1. The number of aromatic nitrogens is 2. The van der Waals surface area contributed by atoms with Crippen molar-refractivity contribution in [2.45, 2.75) is 13.5 Å². The van der Waals surface area contributed by atoms with Gasteiger partial charge in [0.25, 0.3) is 5.91 Å². The fraction of sp³-hybridized carbons (Fsp3) is 0.318. The van der Waals surface area contributed by atoms with E-state index in [0.717, 1.165) is 40.3 Å². The number of hydrogen-bond donors (Lipinski definition) is 1. The molecule has 1 N–H and O–H groups in total. The van der Waals surface area contributed by atoms with Crippen LogP contribution in [-0.2, 0) is 6.54 Å². The molecule has 1 aliphatic rings. The predicted octanol–water partition coefficient (Wildman–Crippen LogP) is 3.69. The van der Waals surface area contributed by atoms with Crippen molar-refractivity contribution in [3.63, 3.8) is 0 Å². The third-order valence-electron chi connectivity index (χ3n) is 5.29. The van der Waals surface area contributed by atoms with Crippen LogP contribution in [0.25, 0.3) is 10.2 Å². The molecule has 1 aliphatic heterocycles. The lowest BCUT2D eigenvalue weighted by Gasteiger charge is -2.34. The van der Waals surface area contributed by atoms with Crippen molar-refractivity contribution in [2.24, 2.45) is 0 Å². The molecule has 1 amide bonds. The number of aryl methyl sites for hydroxylation is 1. The number of halogens is 1. The minimum Gasteiger partial charge on any atom is -0.366 e. The molecule has 30 heavy (non-hydrogen) atoms. The summed E-state index contributed by atoms with van der Waals surface area (Å²) in [4.78, 5) is 27.6. The fourth-order valence-electron chi connectivity index (χ4n) is 3.72. The van der Waals surface area contributed by atoms with E-state index in [-0.39, 0.29) is 11.7 Å². The van der Waals surface area contributed by atoms with Crippen molar-refractivity contribution in [2.75, 3.05) is 38.0 Å². The molecule has 0 atom stereocenters. The van der Waals surface area contributed by atoms with Gasteiger partial charge in [0.2, 0.25) is 0 Å². The molecular formula is C22H24FN5OS. The number of amides is 1. The Morgan fingerprint density at radius 3 is 2.83 bits per heavy atom. The number of nitrogens with zero attached hydrogens (tertiary/aromatic N) is 4. The molecule has 1 saturated heterocycles. The summed E-state index contributed by atoms with van der Waals surface area (Å²) in [5.74, 6) is 0.551. The SMILES string of the molecule is C=CCNc1ncnc2sc(C(=O)N3CCN(Cc4cccc(F)c4)CC3)c(C)c12. The molecule has 0 saturated carbocycles. The number of thiophene rings is 1. The minimum atomic E-state index is -0.216. The van der Waals surface area contributed by atoms with E-state index < -0.39 is 0 Å². The second-order valence-electron chi connectivity index (χ2n) is 7.33. The van der Waals surface area contributed by atoms with E-state index in [1.165, 1.54) is 23.7 Å². The van der Waals surface area contributed by atoms with Crippen molar-refractivity contribution in [3.05, 3.63) is 65.1 Å². The molecule has 0 unspecified atom stereocenters. The average molecular weight is 426 g/mol. The Bertz CT molecular complexity index is 1070. The van der Waals surface area contributed by atoms with Gasteiger partial charge in [-0.25, -0.2) is 14.4 Å². The maximum Gasteiger partial charge on any atom is 0.264 e. The Hall–Kier alpha value is -2.84. The van der Waals surface area contributed by atoms with Gasteiger partial charge >= 0.3 is 0 Å². The summed E-state index contributed by atoms with van der Waals surface area (Å²) in [6, 6.07) is 6.68. The molecule has 0 spiro atoms. The molecule has 0 aliphatic carbocycles. The molecule has 0 radical (unpaired) electrons. The summed E-state index contributed by atoms with van der Waals surface area (Å²) in [5, 5.41) is 4.12. The van der Waals surface area contributed by atoms with E-state index in [9.17, 15) is 9.18 Å². The third-order valence-corrected chi connectivity index (χ3v) is 6.48. The summed E-state index contributed by atoms with van der Waals surface area (Å²) in [6.45, 7) is 9.78. The number of carbonyl (C=O) groups excluding carboxylic acids is 1. The highest BCUT2D eigenvalue weighted by Gasteiger charge is 2.26. The van der Waals surface area contributed by atoms with Gasteiger partial charge < -0.3 is 10.2 Å². The Morgan fingerprint density at radius 1 is 1.30 bits per heavy atom. The fourth-order valence-corrected chi connectivity index (χ4v) is 4.84. The molecule has 156 valence electrons. The van der Waals surface area contributed by atoms with Gasteiger partial charge in [0, 0.05) is 39.3 Å². The largest absolute Gasteiger partial charge is 0.366 e. The number of anilines is 1. The Balaban J connectivity index is 1.46. The highest BCUT2D eigenvalue weighted by atomic mass is 32.1. The molecule has 0 bridgehead atoms. The van der Waals surface area contributed by atoms with Gasteiger partial charge in [0.1, 0.15) is 22.8 Å². The van der Waals surface area contributed by atoms with E-state index in [0.29, 0.717) is 31.1 Å². The first-order valence-electron chi connectivity index (χ1n) is 9.91.